The van der Waals surface area contributed by atoms with Gasteiger partial charge in [-0.2, -0.15) is 0 Å². The second-order valence-corrected chi connectivity index (χ2v) is 8.88. The van der Waals surface area contributed by atoms with Crippen LogP contribution in [0.1, 0.15) is 51.0 Å². The molecule has 30 heavy (non-hydrogen) atoms. The molecular weight excluding hydrogens is 394 g/mol. The average Bonchev–Trinajstić information content (AvgIpc) is 3.42. The molecule has 6 nitrogen and oxygen atoms in total. The number of hydrogen-bond donors (Lipinski definition) is 1. The van der Waals surface area contributed by atoms with Gasteiger partial charge in [-0.15, -0.1) is 10.2 Å². The number of nitrogens with zero attached hydrogens (tertiary/aromatic N) is 4. The van der Waals surface area contributed by atoms with E-state index in [0.29, 0.717) is 22.9 Å². The fourth-order valence-corrected chi connectivity index (χ4v) is 4.67. The number of para-hydroxylation sites is 1. The summed E-state index contributed by atoms with van der Waals surface area (Å²) in [6, 6.07) is 12.5. The zero-order chi connectivity index (χ0) is 20.9. The van der Waals surface area contributed by atoms with Crippen molar-refractivity contribution in [3.05, 3.63) is 54.4 Å². The van der Waals surface area contributed by atoms with E-state index in [4.69, 9.17) is 0 Å². The third-order valence-electron chi connectivity index (χ3n) is 5.41. The van der Waals surface area contributed by atoms with Crippen LogP contribution in [0.5, 0.6) is 0 Å². The lowest BCUT2D eigenvalue weighted by molar-refractivity contribution is -0.119. The molecule has 1 fully saturated rings. The third-order valence-corrected chi connectivity index (χ3v) is 6.33. The lowest BCUT2D eigenvalue weighted by atomic mass is 10.0. The summed E-state index contributed by atoms with van der Waals surface area (Å²) in [5.74, 6) is 1.45. The first kappa shape index (κ1) is 20.6. The number of aromatic nitrogens is 4. The topological polar surface area (TPSA) is 72.7 Å². The molecule has 0 radical (unpaired) electrons. The molecule has 1 aromatic carbocycles. The van der Waals surface area contributed by atoms with E-state index in [2.05, 4.69) is 57.1 Å². The van der Waals surface area contributed by atoms with Crippen LogP contribution in [-0.2, 0) is 4.79 Å². The molecule has 1 N–H and O–H groups in total. The largest absolute Gasteiger partial charge is 0.353 e. The zero-order valence-electron chi connectivity index (χ0n) is 17.4. The molecular formula is C23H27N5OS. The first-order chi connectivity index (χ1) is 14.6. The van der Waals surface area contributed by atoms with Crippen LogP contribution in [-0.4, -0.2) is 37.5 Å². The van der Waals surface area contributed by atoms with E-state index >= 15 is 0 Å². The summed E-state index contributed by atoms with van der Waals surface area (Å²) in [4.78, 5) is 16.7. The van der Waals surface area contributed by atoms with Crippen molar-refractivity contribution in [3.63, 3.8) is 0 Å². The molecule has 0 unspecified atom stereocenters. The normalized spacial score (nSPS) is 14.4. The highest BCUT2D eigenvalue weighted by atomic mass is 32.2. The number of carbonyl (C=O) groups excluding carboxylic acids is 1. The molecule has 156 valence electrons. The molecule has 2 heterocycles. The highest BCUT2D eigenvalue weighted by molar-refractivity contribution is 7.99. The summed E-state index contributed by atoms with van der Waals surface area (Å²) >= 11 is 1.43. The third kappa shape index (κ3) is 4.56. The van der Waals surface area contributed by atoms with E-state index in [-0.39, 0.29) is 5.91 Å². The van der Waals surface area contributed by atoms with Gasteiger partial charge in [-0.05, 0) is 42.5 Å². The monoisotopic (exact) mass is 421 g/mol. The van der Waals surface area contributed by atoms with Gasteiger partial charge >= 0.3 is 0 Å². The Morgan fingerprint density at radius 3 is 2.70 bits per heavy atom. The number of benzene rings is 1. The van der Waals surface area contributed by atoms with Crippen molar-refractivity contribution >= 4 is 17.7 Å². The molecule has 0 bridgehead atoms. The molecule has 7 heteroatoms. The van der Waals surface area contributed by atoms with Gasteiger partial charge in [-0.3, -0.25) is 14.3 Å². The number of pyridine rings is 1. The maximum Gasteiger partial charge on any atom is 0.230 e. The second-order valence-electron chi connectivity index (χ2n) is 7.93. The van der Waals surface area contributed by atoms with Gasteiger partial charge in [0.2, 0.25) is 5.91 Å². The maximum absolute atomic E-state index is 12.5. The molecule has 2 aromatic heterocycles. The van der Waals surface area contributed by atoms with E-state index in [1.165, 1.54) is 30.2 Å². The van der Waals surface area contributed by atoms with Gasteiger partial charge in [0.15, 0.2) is 11.0 Å². The lowest BCUT2D eigenvalue weighted by Crippen LogP contribution is -2.33. The van der Waals surface area contributed by atoms with E-state index in [9.17, 15) is 4.79 Å². The van der Waals surface area contributed by atoms with Gasteiger partial charge < -0.3 is 5.32 Å². The molecule has 0 saturated heterocycles. The molecule has 4 rings (SSSR count). The first-order valence-electron chi connectivity index (χ1n) is 10.5. The minimum Gasteiger partial charge on any atom is -0.353 e. The van der Waals surface area contributed by atoms with Crippen LogP contribution < -0.4 is 5.32 Å². The Hall–Kier alpha value is -2.67. The summed E-state index contributed by atoms with van der Waals surface area (Å²) in [5, 5.41) is 12.8. The van der Waals surface area contributed by atoms with Gasteiger partial charge in [0, 0.05) is 24.0 Å². The van der Waals surface area contributed by atoms with Crippen molar-refractivity contribution in [2.45, 2.75) is 56.6 Å². The minimum absolute atomic E-state index is 0.0570. The van der Waals surface area contributed by atoms with Crippen LogP contribution >= 0.6 is 11.8 Å². The number of thioether (sulfide) groups is 1. The van der Waals surface area contributed by atoms with Crippen molar-refractivity contribution < 1.29 is 4.79 Å². The molecule has 1 aliphatic carbocycles. The van der Waals surface area contributed by atoms with Crippen LogP contribution in [0.2, 0.25) is 0 Å². The summed E-state index contributed by atoms with van der Waals surface area (Å²) < 4.78 is 2.06. The number of carbonyl (C=O) groups is 1. The summed E-state index contributed by atoms with van der Waals surface area (Å²) in [5.41, 5.74) is 3.14. The Morgan fingerprint density at radius 1 is 1.17 bits per heavy atom. The van der Waals surface area contributed by atoms with Crippen LogP contribution in [0.3, 0.4) is 0 Å². The van der Waals surface area contributed by atoms with Gasteiger partial charge in [-0.25, -0.2) is 0 Å². The Morgan fingerprint density at radius 2 is 1.97 bits per heavy atom. The Balaban J connectivity index is 1.66. The van der Waals surface area contributed by atoms with Gasteiger partial charge in [0.1, 0.15) is 0 Å². The molecule has 1 aliphatic rings. The minimum atomic E-state index is 0.0570. The molecule has 0 aliphatic heterocycles. The van der Waals surface area contributed by atoms with Gasteiger partial charge in [-0.1, -0.05) is 56.7 Å². The van der Waals surface area contributed by atoms with Crippen molar-refractivity contribution in [1.82, 2.24) is 25.1 Å². The molecule has 1 saturated carbocycles. The highest BCUT2D eigenvalue weighted by Crippen LogP contribution is 2.32. The summed E-state index contributed by atoms with van der Waals surface area (Å²) in [7, 11) is 0. The predicted octanol–water partition coefficient (Wildman–Crippen LogP) is 4.60. The van der Waals surface area contributed by atoms with E-state index in [1.807, 2.05) is 18.2 Å². The Kier molecular flexibility index (Phi) is 6.47. The number of amides is 1. The fraction of sp³-hybridized carbons (Fsp3) is 0.391. The number of hydrogen-bond acceptors (Lipinski definition) is 5. The Labute approximate surface area is 181 Å². The molecule has 0 spiro atoms. The Bertz CT molecular complexity index is 996. The number of rotatable bonds is 7. The van der Waals surface area contributed by atoms with Gasteiger partial charge in [0.25, 0.3) is 0 Å². The van der Waals surface area contributed by atoms with E-state index in [0.717, 1.165) is 29.9 Å². The van der Waals surface area contributed by atoms with Crippen LogP contribution in [0.25, 0.3) is 17.1 Å². The SMILES string of the molecule is CC(C)c1ccccc1-n1c(SCC(=O)NC2CCCC2)nnc1-c1cccnc1. The van der Waals surface area contributed by atoms with Crippen LogP contribution in [0.4, 0.5) is 0 Å². The fourth-order valence-electron chi connectivity index (χ4n) is 3.91. The molecule has 0 atom stereocenters. The van der Waals surface area contributed by atoms with Crippen molar-refractivity contribution in [2.24, 2.45) is 0 Å². The quantitative estimate of drug-likeness (QED) is 0.564. The predicted molar refractivity (Wildman–Crippen MR) is 120 cm³/mol. The van der Waals surface area contributed by atoms with E-state index < -0.39 is 0 Å². The number of nitrogens with one attached hydrogen (secondary N) is 1. The van der Waals surface area contributed by atoms with Crippen molar-refractivity contribution in [2.75, 3.05) is 5.75 Å². The van der Waals surface area contributed by atoms with Crippen molar-refractivity contribution in [1.29, 1.82) is 0 Å². The lowest BCUT2D eigenvalue weighted by Gasteiger charge is -2.17. The second kappa shape index (κ2) is 9.43. The smallest absolute Gasteiger partial charge is 0.230 e. The molecule has 1 amide bonds. The summed E-state index contributed by atoms with van der Waals surface area (Å²) in [6.45, 7) is 4.35. The van der Waals surface area contributed by atoms with Gasteiger partial charge in [0.05, 0.1) is 11.4 Å². The highest BCUT2D eigenvalue weighted by Gasteiger charge is 2.21. The standard InChI is InChI=1S/C23H27N5OS/c1-16(2)19-11-5-6-12-20(19)28-22(17-8-7-13-24-14-17)26-27-23(28)30-15-21(29)25-18-9-3-4-10-18/h5-8,11-14,16,18H,3-4,9-10,15H2,1-2H3,(H,25,29). The van der Waals surface area contributed by atoms with Crippen LogP contribution in [0, 0.1) is 0 Å². The zero-order valence-corrected chi connectivity index (χ0v) is 18.2. The van der Waals surface area contributed by atoms with E-state index in [1.54, 1.807) is 12.4 Å². The van der Waals surface area contributed by atoms with Crippen LogP contribution in [0.15, 0.2) is 53.9 Å². The first-order valence-corrected chi connectivity index (χ1v) is 11.5. The summed E-state index contributed by atoms with van der Waals surface area (Å²) in [6.07, 6.45) is 8.10. The molecule has 3 aromatic rings. The van der Waals surface area contributed by atoms with Crippen molar-refractivity contribution in [3.8, 4) is 17.1 Å². The average molecular weight is 422 g/mol. The maximum atomic E-state index is 12.5.